The molecule has 1 N–H and O–H groups in total. The third kappa shape index (κ3) is 4.17. The van der Waals surface area contributed by atoms with E-state index in [1.165, 1.54) is 5.56 Å². The summed E-state index contributed by atoms with van der Waals surface area (Å²) in [6.07, 6.45) is 2.69. The van der Waals surface area contributed by atoms with Crippen LogP contribution in [-0.4, -0.2) is 32.6 Å². The first kappa shape index (κ1) is 23.8. The Morgan fingerprint density at radius 1 is 1.14 bits per heavy atom. The molecule has 0 bridgehead atoms. The minimum Gasteiger partial charge on any atom is -0.462 e. The minimum absolute atomic E-state index is 0.140. The number of benzene rings is 2. The van der Waals surface area contributed by atoms with Gasteiger partial charge in [0.05, 0.1) is 35.4 Å². The van der Waals surface area contributed by atoms with Crippen molar-refractivity contribution in [2.75, 3.05) is 11.9 Å². The number of esters is 1. The van der Waals surface area contributed by atoms with E-state index < -0.39 is 5.41 Å². The highest BCUT2D eigenvalue weighted by Gasteiger charge is 2.37. The van der Waals surface area contributed by atoms with E-state index in [1.54, 1.807) is 25.3 Å². The second-order valence-electron chi connectivity index (χ2n) is 10.3. The van der Waals surface area contributed by atoms with Crippen molar-refractivity contribution in [1.82, 2.24) is 20.0 Å². The molecule has 1 aliphatic heterocycles. The molecule has 1 atom stereocenters. The third-order valence-electron chi connectivity index (χ3n) is 6.87. The first-order valence-corrected chi connectivity index (χ1v) is 12.2. The van der Waals surface area contributed by atoms with Gasteiger partial charge in [-0.1, -0.05) is 42.5 Å². The number of carbonyl (C=O) groups is 1. The Labute approximate surface area is 210 Å². The summed E-state index contributed by atoms with van der Waals surface area (Å²) in [6.45, 7) is 10.5. The molecule has 8 heteroatoms. The van der Waals surface area contributed by atoms with Gasteiger partial charge in [0.25, 0.3) is 5.89 Å². The van der Waals surface area contributed by atoms with Crippen LogP contribution in [0.5, 0.6) is 0 Å². The van der Waals surface area contributed by atoms with Crippen molar-refractivity contribution in [3.05, 3.63) is 83.4 Å². The second-order valence-corrected chi connectivity index (χ2v) is 10.3. The Morgan fingerprint density at radius 3 is 2.56 bits per heavy atom. The molecule has 8 nitrogen and oxygen atoms in total. The lowest BCUT2D eigenvalue weighted by atomic mass is 9.84. The van der Waals surface area contributed by atoms with Gasteiger partial charge in [0.15, 0.2) is 0 Å². The number of anilines is 1. The molecule has 186 valence electrons. The summed E-state index contributed by atoms with van der Waals surface area (Å²) >= 11 is 0. The van der Waals surface area contributed by atoms with Crippen molar-refractivity contribution < 1.29 is 13.9 Å². The molecule has 4 aromatic rings. The fourth-order valence-electron chi connectivity index (χ4n) is 4.74. The van der Waals surface area contributed by atoms with Gasteiger partial charge >= 0.3 is 5.97 Å². The smallest absolute Gasteiger partial charge is 0.338 e. The summed E-state index contributed by atoms with van der Waals surface area (Å²) in [5.74, 6) is 1.43. The summed E-state index contributed by atoms with van der Waals surface area (Å²) in [5, 5.41) is 17.1. The Balaban J connectivity index is 1.45. The number of hydrogen-bond donors (Lipinski definition) is 1. The van der Waals surface area contributed by atoms with Crippen LogP contribution in [0.15, 0.2) is 65.2 Å². The largest absolute Gasteiger partial charge is 0.462 e. The summed E-state index contributed by atoms with van der Waals surface area (Å²) in [6, 6.07) is 17.9. The van der Waals surface area contributed by atoms with E-state index in [0.29, 0.717) is 24.0 Å². The van der Waals surface area contributed by atoms with Gasteiger partial charge in [-0.2, -0.15) is 5.10 Å². The van der Waals surface area contributed by atoms with E-state index in [9.17, 15) is 4.79 Å². The van der Waals surface area contributed by atoms with Crippen LogP contribution in [0.3, 0.4) is 0 Å². The topological polar surface area (TPSA) is 95.1 Å². The van der Waals surface area contributed by atoms with Gasteiger partial charge in [-0.3, -0.25) is 0 Å². The molecule has 0 saturated heterocycles. The summed E-state index contributed by atoms with van der Waals surface area (Å²) in [7, 11) is 0. The van der Waals surface area contributed by atoms with Crippen molar-refractivity contribution in [2.45, 2.75) is 58.0 Å². The Hall–Kier alpha value is -3.94. The molecular formula is C28H31N5O3. The monoisotopic (exact) mass is 485 g/mol. The van der Waals surface area contributed by atoms with Crippen LogP contribution < -0.4 is 5.32 Å². The number of nitrogens with one attached hydrogen (secondary N) is 1. The van der Waals surface area contributed by atoms with E-state index in [1.807, 2.05) is 36.7 Å². The molecule has 2 aromatic carbocycles. The fraction of sp³-hybridized carbons (Fsp3) is 0.357. The third-order valence-corrected chi connectivity index (χ3v) is 6.87. The molecule has 0 aliphatic carbocycles. The van der Waals surface area contributed by atoms with E-state index in [4.69, 9.17) is 9.15 Å². The van der Waals surface area contributed by atoms with Crippen LogP contribution in [-0.2, 0) is 15.7 Å². The minimum atomic E-state index is -0.565. The van der Waals surface area contributed by atoms with Crippen molar-refractivity contribution in [2.24, 2.45) is 0 Å². The predicted octanol–water partition coefficient (Wildman–Crippen LogP) is 5.73. The molecular weight excluding hydrogens is 454 g/mol. The SMILES string of the molecule is CCOC(=O)c1ccc(C(C)(C)c2nnc(-c3cnn4c3NC(c3ccccc3)CC4(C)C)o2)cc1. The van der Waals surface area contributed by atoms with Crippen LogP contribution in [0.1, 0.15) is 74.5 Å². The van der Waals surface area contributed by atoms with E-state index in [2.05, 4.69) is 58.7 Å². The molecule has 5 rings (SSSR count). The predicted molar refractivity (Wildman–Crippen MR) is 137 cm³/mol. The van der Waals surface area contributed by atoms with Gasteiger partial charge in [-0.15, -0.1) is 10.2 Å². The molecule has 0 spiro atoms. The molecule has 2 aromatic heterocycles. The average Bonchev–Trinajstić information content (AvgIpc) is 3.53. The summed E-state index contributed by atoms with van der Waals surface area (Å²) in [5.41, 5.74) is 2.70. The quantitative estimate of drug-likeness (QED) is 0.349. The van der Waals surface area contributed by atoms with Gasteiger partial charge in [-0.05, 0) is 64.3 Å². The van der Waals surface area contributed by atoms with Gasteiger partial charge in [0.2, 0.25) is 5.89 Å². The zero-order valence-corrected chi connectivity index (χ0v) is 21.3. The van der Waals surface area contributed by atoms with Crippen molar-refractivity contribution in [3.8, 4) is 11.5 Å². The van der Waals surface area contributed by atoms with Crippen LogP contribution >= 0.6 is 0 Å². The number of nitrogens with zero attached hydrogens (tertiary/aromatic N) is 4. The number of ether oxygens (including phenoxy) is 1. The maximum absolute atomic E-state index is 12.0. The van der Waals surface area contributed by atoms with Crippen LogP contribution in [0.4, 0.5) is 5.82 Å². The maximum atomic E-state index is 12.0. The number of carbonyl (C=O) groups excluding carboxylic acids is 1. The van der Waals surface area contributed by atoms with Crippen LogP contribution in [0, 0.1) is 0 Å². The van der Waals surface area contributed by atoms with Crippen molar-refractivity contribution in [1.29, 1.82) is 0 Å². The lowest BCUT2D eigenvalue weighted by Crippen LogP contribution is -2.37. The normalized spacial score (nSPS) is 16.8. The zero-order chi connectivity index (χ0) is 25.5. The molecule has 36 heavy (non-hydrogen) atoms. The number of hydrogen-bond acceptors (Lipinski definition) is 7. The van der Waals surface area contributed by atoms with E-state index >= 15 is 0 Å². The van der Waals surface area contributed by atoms with Gasteiger partial charge in [0.1, 0.15) is 11.4 Å². The maximum Gasteiger partial charge on any atom is 0.338 e. The Bertz CT molecular complexity index is 1370. The highest BCUT2D eigenvalue weighted by atomic mass is 16.5. The number of rotatable bonds is 6. The molecule has 1 aliphatic rings. The lowest BCUT2D eigenvalue weighted by molar-refractivity contribution is 0.0526. The van der Waals surface area contributed by atoms with Crippen molar-refractivity contribution in [3.63, 3.8) is 0 Å². The molecule has 0 amide bonds. The second kappa shape index (κ2) is 8.93. The van der Waals surface area contributed by atoms with Gasteiger partial charge in [-0.25, -0.2) is 9.48 Å². The Kier molecular flexibility index (Phi) is 5.90. The first-order chi connectivity index (χ1) is 17.2. The zero-order valence-electron chi connectivity index (χ0n) is 21.3. The van der Waals surface area contributed by atoms with Crippen molar-refractivity contribution >= 4 is 11.8 Å². The average molecular weight is 486 g/mol. The molecule has 1 unspecified atom stereocenters. The summed E-state index contributed by atoms with van der Waals surface area (Å²) < 4.78 is 13.3. The standard InChI is InChI=1S/C28H31N5O3/c1-6-35-25(34)19-12-14-20(15-13-19)28(4,5)26-32-31-24(36-26)21-17-29-33-23(21)30-22(16-27(33,2)3)18-10-8-7-9-11-18/h7-15,17,22,30H,6,16H2,1-5H3. The highest BCUT2D eigenvalue weighted by molar-refractivity contribution is 5.89. The molecule has 0 fully saturated rings. The summed E-state index contributed by atoms with van der Waals surface area (Å²) in [4.78, 5) is 12.0. The first-order valence-electron chi connectivity index (χ1n) is 12.2. The highest BCUT2D eigenvalue weighted by Crippen LogP contribution is 2.43. The van der Waals surface area contributed by atoms with Crippen LogP contribution in [0.25, 0.3) is 11.5 Å². The Morgan fingerprint density at radius 2 is 1.86 bits per heavy atom. The van der Waals surface area contributed by atoms with Gasteiger partial charge < -0.3 is 14.5 Å². The van der Waals surface area contributed by atoms with E-state index in [-0.39, 0.29) is 17.6 Å². The number of fused-ring (bicyclic) bond motifs is 1. The molecule has 0 radical (unpaired) electrons. The number of aromatic nitrogens is 4. The molecule has 3 heterocycles. The van der Waals surface area contributed by atoms with Crippen LogP contribution in [0.2, 0.25) is 0 Å². The fourth-order valence-corrected chi connectivity index (χ4v) is 4.74. The van der Waals surface area contributed by atoms with Gasteiger partial charge in [0, 0.05) is 0 Å². The molecule has 0 saturated carbocycles. The lowest BCUT2D eigenvalue weighted by Gasteiger charge is -2.38. The van der Waals surface area contributed by atoms with E-state index in [0.717, 1.165) is 23.4 Å².